The number of aryl methyl sites for hydroxylation is 2. The molecule has 0 saturated heterocycles. The summed E-state index contributed by atoms with van der Waals surface area (Å²) >= 11 is 0. The number of aromatic nitrogens is 3. The molecule has 2 amide bonds. The standard InChI is InChI=1S/C22H23N5O3/c1-14-5-7-27(26-14)8-6-20(28)25-13-18-10-15-3-2-4-19(21(15)30-18)16-9-17(22(23)29)12-24-11-16/h2-5,7,9,11-12,18H,6,8,10,13H2,1H3,(H2,23,29)(H,25,28). The normalized spacial score (nSPS) is 14.8. The van der Waals surface area contributed by atoms with Crippen LogP contribution in [0.5, 0.6) is 5.75 Å². The largest absolute Gasteiger partial charge is 0.487 e. The summed E-state index contributed by atoms with van der Waals surface area (Å²) in [6.07, 6.45) is 5.89. The first kappa shape index (κ1) is 19.6. The molecule has 1 aromatic carbocycles. The predicted molar refractivity (Wildman–Crippen MR) is 111 cm³/mol. The number of pyridine rings is 1. The monoisotopic (exact) mass is 405 g/mol. The highest BCUT2D eigenvalue weighted by atomic mass is 16.5. The third-order valence-corrected chi connectivity index (χ3v) is 5.03. The molecule has 0 fully saturated rings. The Morgan fingerprint density at radius 2 is 2.17 bits per heavy atom. The van der Waals surface area contributed by atoms with Crippen molar-refractivity contribution in [1.82, 2.24) is 20.1 Å². The van der Waals surface area contributed by atoms with Gasteiger partial charge >= 0.3 is 0 Å². The first-order valence-corrected chi connectivity index (χ1v) is 9.80. The summed E-state index contributed by atoms with van der Waals surface area (Å²) in [5.74, 6) is 0.192. The van der Waals surface area contributed by atoms with Crippen LogP contribution in [0.4, 0.5) is 0 Å². The molecule has 154 valence electrons. The highest BCUT2D eigenvalue weighted by Crippen LogP contribution is 2.38. The number of carbonyl (C=O) groups is 2. The van der Waals surface area contributed by atoms with Crippen molar-refractivity contribution in [1.29, 1.82) is 0 Å². The van der Waals surface area contributed by atoms with Crippen LogP contribution >= 0.6 is 0 Å². The zero-order valence-corrected chi connectivity index (χ0v) is 16.7. The molecule has 30 heavy (non-hydrogen) atoms. The number of benzene rings is 1. The first-order valence-electron chi connectivity index (χ1n) is 9.80. The van der Waals surface area contributed by atoms with Gasteiger partial charge in [0.2, 0.25) is 11.8 Å². The van der Waals surface area contributed by atoms with E-state index in [1.165, 1.54) is 6.20 Å². The van der Waals surface area contributed by atoms with Crippen molar-refractivity contribution in [3.05, 3.63) is 65.7 Å². The molecular weight excluding hydrogens is 382 g/mol. The van der Waals surface area contributed by atoms with Crippen molar-refractivity contribution in [2.24, 2.45) is 5.73 Å². The van der Waals surface area contributed by atoms with Gasteiger partial charge in [0, 0.05) is 49.1 Å². The van der Waals surface area contributed by atoms with Crippen LogP contribution < -0.4 is 15.8 Å². The second-order valence-corrected chi connectivity index (χ2v) is 7.34. The number of rotatable bonds is 7. The number of amides is 2. The fourth-order valence-electron chi connectivity index (χ4n) is 3.52. The van der Waals surface area contributed by atoms with E-state index in [9.17, 15) is 9.59 Å². The average Bonchev–Trinajstić information content (AvgIpc) is 3.36. The summed E-state index contributed by atoms with van der Waals surface area (Å²) in [6.45, 7) is 2.88. The van der Waals surface area contributed by atoms with Crippen LogP contribution in [0, 0.1) is 6.92 Å². The summed E-state index contributed by atoms with van der Waals surface area (Å²) in [6, 6.07) is 9.50. The summed E-state index contributed by atoms with van der Waals surface area (Å²) in [5, 5.41) is 7.22. The maximum absolute atomic E-state index is 12.2. The molecule has 1 aliphatic rings. The molecule has 0 radical (unpaired) electrons. The number of hydrogen-bond acceptors (Lipinski definition) is 5. The van der Waals surface area contributed by atoms with Crippen molar-refractivity contribution in [3.63, 3.8) is 0 Å². The quantitative estimate of drug-likeness (QED) is 0.623. The molecule has 0 bridgehead atoms. The zero-order valence-electron chi connectivity index (χ0n) is 16.7. The van der Waals surface area contributed by atoms with Crippen LogP contribution in [0.25, 0.3) is 11.1 Å². The molecule has 8 nitrogen and oxygen atoms in total. The van der Waals surface area contributed by atoms with E-state index in [-0.39, 0.29) is 12.0 Å². The lowest BCUT2D eigenvalue weighted by Crippen LogP contribution is -2.34. The Kier molecular flexibility index (Phi) is 5.47. The van der Waals surface area contributed by atoms with Gasteiger partial charge in [-0.05, 0) is 24.6 Å². The van der Waals surface area contributed by atoms with Crippen molar-refractivity contribution < 1.29 is 14.3 Å². The highest BCUT2D eigenvalue weighted by molar-refractivity contribution is 5.94. The van der Waals surface area contributed by atoms with Crippen LogP contribution in [0.15, 0.2) is 48.9 Å². The Morgan fingerprint density at radius 3 is 2.93 bits per heavy atom. The van der Waals surface area contributed by atoms with Gasteiger partial charge in [-0.25, -0.2) is 0 Å². The van der Waals surface area contributed by atoms with E-state index in [2.05, 4.69) is 15.4 Å². The minimum absolute atomic E-state index is 0.0405. The van der Waals surface area contributed by atoms with Gasteiger partial charge in [0.1, 0.15) is 11.9 Å². The molecule has 4 rings (SSSR count). The summed E-state index contributed by atoms with van der Waals surface area (Å²) in [7, 11) is 0. The van der Waals surface area contributed by atoms with Gasteiger partial charge in [-0.1, -0.05) is 18.2 Å². The Hall–Kier alpha value is -3.68. The van der Waals surface area contributed by atoms with Crippen LogP contribution in [0.1, 0.15) is 28.0 Å². The number of primary amides is 1. The summed E-state index contributed by atoms with van der Waals surface area (Å²) in [4.78, 5) is 27.8. The van der Waals surface area contributed by atoms with E-state index in [0.717, 1.165) is 28.1 Å². The van der Waals surface area contributed by atoms with E-state index >= 15 is 0 Å². The molecule has 3 N–H and O–H groups in total. The minimum Gasteiger partial charge on any atom is -0.487 e. The average molecular weight is 405 g/mol. The van der Waals surface area contributed by atoms with Crippen molar-refractivity contribution in [2.45, 2.75) is 32.4 Å². The lowest BCUT2D eigenvalue weighted by Gasteiger charge is -2.14. The Bertz CT molecular complexity index is 1090. The molecule has 1 atom stereocenters. The van der Waals surface area contributed by atoms with E-state index in [0.29, 0.717) is 31.5 Å². The van der Waals surface area contributed by atoms with Crippen LogP contribution in [0.2, 0.25) is 0 Å². The fraction of sp³-hybridized carbons (Fsp3) is 0.273. The van der Waals surface area contributed by atoms with Gasteiger partial charge in [0.25, 0.3) is 0 Å². The number of hydrogen-bond donors (Lipinski definition) is 2. The first-order chi connectivity index (χ1) is 14.5. The number of para-hydroxylation sites is 1. The number of carbonyl (C=O) groups excluding carboxylic acids is 2. The summed E-state index contributed by atoms with van der Waals surface area (Å²) in [5.41, 5.74) is 9.32. The van der Waals surface area contributed by atoms with Gasteiger partial charge in [0.15, 0.2) is 0 Å². The van der Waals surface area contributed by atoms with Gasteiger partial charge in [-0.2, -0.15) is 5.10 Å². The summed E-state index contributed by atoms with van der Waals surface area (Å²) < 4.78 is 7.89. The van der Waals surface area contributed by atoms with Gasteiger partial charge in [-0.15, -0.1) is 0 Å². The molecule has 2 aromatic heterocycles. The van der Waals surface area contributed by atoms with E-state index in [4.69, 9.17) is 10.5 Å². The van der Waals surface area contributed by atoms with E-state index < -0.39 is 5.91 Å². The molecule has 3 heterocycles. The molecule has 1 unspecified atom stereocenters. The maximum atomic E-state index is 12.2. The molecule has 0 aliphatic carbocycles. The third kappa shape index (κ3) is 4.32. The van der Waals surface area contributed by atoms with Gasteiger partial charge in [0.05, 0.1) is 17.8 Å². The molecule has 1 aliphatic heterocycles. The number of nitrogens with zero attached hydrogens (tertiary/aromatic N) is 3. The van der Waals surface area contributed by atoms with Gasteiger partial charge in [-0.3, -0.25) is 19.3 Å². The smallest absolute Gasteiger partial charge is 0.250 e. The van der Waals surface area contributed by atoms with E-state index in [1.807, 2.05) is 37.4 Å². The Morgan fingerprint density at radius 1 is 1.30 bits per heavy atom. The predicted octanol–water partition coefficient (Wildman–Crippen LogP) is 1.86. The number of nitrogens with two attached hydrogens (primary N) is 1. The fourth-order valence-corrected chi connectivity index (χ4v) is 3.52. The van der Waals surface area contributed by atoms with Crippen LogP contribution in [0.3, 0.4) is 0 Å². The topological polar surface area (TPSA) is 112 Å². The van der Waals surface area contributed by atoms with Crippen molar-refractivity contribution >= 4 is 11.8 Å². The van der Waals surface area contributed by atoms with Crippen molar-refractivity contribution in [2.75, 3.05) is 6.54 Å². The molecule has 8 heteroatoms. The van der Waals surface area contributed by atoms with Gasteiger partial charge < -0.3 is 15.8 Å². The molecular formula is C22H23N5O3. The Labute approximate surface area is 174 Å². The zero-order chi connectivity index (χ0) is 21.1. The Balaban J connectivity index is 1.38. The third-order valence-electron chi connectivity index (χ3n) is 5.03. The van der Waals surface area contributed by atoms with E-state index in [1.54, 1.807) is 16.9 Å². The molecule has 0 spiro atoms. The van der Waals surface area contributed by atoms with Crippen molar-refractivity contribution in [3.8, 4) is 16.9 Å². The second kappa shape index (κ2) is 8.36. The molecule has 3 aromatic rings. The van der Waals surface area contributed by atoms with Crippen LogP contribution in [-0.4, -0.2) is 39.2 Å². The highest BCUT2D eigenvalue weighted by Gasteiger charge is 2.26. The lowest BCUT2D eigenvalue weighted by atomic mass is 10.0. The number of fused-ring (bicyclic) bond motifs is 1. The maximum Gasteiger partial charge on any atom is 0.250 e. The number of nitrogens with one attached hydrogen (secondary N) is 1. The SMILES string of the molecule is Cc1ccn(CCC(=O)NCC2Cc3cccc(-c4cncc(C(N)=O)c4)c3O2)n1. The number of ether oxygens (including phenoxy) is 1. The minimum atomic E-state index is -0.524. The molecule has 0 saturated carbocycles. The van der Waals surface area contributed by atoms with Crippen LogP contribution in [-0.2, 0) is 17.8 Å². The second-order valence-electron chi connectivity index (χ2n) is 7.34. The lowest BCUT2D eigenvalue weighted by molar-refractivity contribution is -0.121.